The van der Waals surface area contributed by atoms with Gasteiger partial charge in [0.05, 0.1) is 23.1 Å². The Morgan fingerprint density at radius 2 is 2.33 bits per heavy atom. The van der Waals surface area contributed by atoms with Crippen molar-refractivity contribution >= 4 is 23.3 Å². The van der Waals surface area contributed by atoms with Gasteiger partial charge in [0.1, 0.15) is 5.82 Å². The third-order valence-electron chi connectivity index (χ3n) is 2.47. The van der Waals surface area contributed by atoms with E-state index in [2.05, 4.69) is 4.98 Å². The summed E-state index contributed by atoms with van der Waals surface area (Å²) >= 11 is 5.84. The molecule has 0 aliphatic rings. The number of rotatable bonds is 4. The summed E-state index contributed by atoms with van der Waals surface area (Å²) in [5.41, 5.74) is 5.87. The second-order valence-corrected chi connectivity index (χ2v) is 4.50. The van der Waals surface area contributed by atoms with Crippen LogP contribution in [0.5, 0.6) is 0 Å². The van der Waals surface area contributed by atoms with Crippen molar-refractivity contribution in [1.29, 1.82) is 5.26 Å². The van der Waals surface area contributed by atoms with E-state index in [1.165, 1.54) is 12.3 Å². The minimum atomic E-state index is -0.199. The van der Waals surface area contributed by atoms with E-state index in [0.29, 0.717) is 18.5 Å². The van der Waals surface area contributed by atoms with Crippen molar-refractivity contribution in [2.24, 2.45) is 0 Å². The number of halogens is 1. The summed E-state index contributed by atoms with van der Waals surface area (Å²) < 4.78 is 0. The summed E-state index contributed by atoms with van der Waals surface area (Å²) in [6.45, 7) is 4.16. The van der Waals surface area contributed by atoms with Crippen molar-refractivity contribution in [3.8, 4) is 6.07 Å². The molecule has 2 N–H and O–H groups in total. The number of amides is 1. The van der Waals surface area contributed by atoms with Gasteiger partial charge in [-0.25, -0.2) is 4.98 Å². The average Bonchev–Trinajstić information content (AvgIpc) is 2.32. The molecular weight excluding hydrogens is 252 g/mol. The lowest BCUT2D eigenvalue weighted by Crippen LogP contribution is -2.37. The highest BCUT2D eigenvalue weighted by atomic mass is 35.5. The Hall–Kier alpha value is -1.80. The first-order valence-electron chi connectivity index (χ1n) is 5.56. The minimum absolute atomic E-state index is 0.00202. The highest BCUT2D eigenvalue weighted by molar-refractivity contribution is 6.33. The van der Waals surface area contributed by atoms with Gasteiger partial charge >= 0.3 is 0 Å². The summed E-state index contributed by atoms with van der Waals surface area (Å²) in [6.07, 6.45) is 1.69. The van der Waals surface area contributed by atoms with E-state index < -0.39 is 0 Å². The van der Waals surface area contributed by atoms with Crippen LogP contribution in [0.3, 0.4) is 0 Å². The largest absolute Gasteiger partial charge is 0.382 e. The molecule has 0 aliphatic carbocycles. The minimum Gasteiger partial charge on any atom is -0.382 e. The normalized spacial score (nSPS) is 10.2. The lowest BCUT2D eigenvalue weighted by molar-refractivity contribution is 0.0710. The maximum absolute atomic E-state index is 12.2. The lowest BCUT2D eigenvalue weighted by Gasteiger charge is -2.25. The molecule has 0 saturated carbocycles. The van der Waals surface area contributed by atoms with E-state index in [0.717, 1.165) is 0 Å². The van der Waals surface area contributed by atoms with Crippen LogP contribution in [-0.4, -0.2) is 28.4 Å². The van der Waals surface area contributed by atoms with Crippen LogP contribution >= 0.6 is 11.6 Å². The van der Waals surface area contributed by atoms with Crippen molar-refractivity contribution in [3.63, 3.8) is 0 Å². The Labute approximate surface area is 111 Å². The molecule has 0 aliphatic heterocycles. The highest BCUT2D eigenvalue weighted by Gasteiger charge is 2.19. The molecule has 0 unspecified atom stereocenters. The number of nitrogen functional groups attached to an aromatic ring is 1. The van der Waals surface area contributed by atoms with Crippen molar-refractivity contribution in [2.45, 2.75) is 26.3 Å². The van der Waals surface area contributed by atoms with Crippen LogP contribution in [0.4, 0.5) is 5.82 Å². The predicted molar refractivity (Wildman–Crippen MR) is 70.1 cm³/mol. The number of hydrogen-bond acceptors (Lipinski definition) is 4. The summed E-state index contributed by atoms with van der Waals surface area (Å²) in [5.74, 6) is -0.00371. The molecule has 0 fully saturated rings. The summed E-state index contributed by atoms with van der Waals surface area (Å²) in [7, 11) is 0. The number of carbonyl (C=O) groups is 1. The van der Waals surface area contributed by atoms with E-state index in [1.54, 1.807) is 4.90 Å². The number of nitrogens with two attached hydrogens (primary N) is 1. The van der Waals surface area contributed by atoms with Crippen LogP contribution in [0.1, 0.15) is 30.6 Å². The smallest absolute Gasteiger partial charge is 0.255 e. The van der Waals surface area contributed by atoms with E-state index >= 15 is 0 Å². The molecule has 1 rings (SSSR count). The molecule has 1 amide bonds. The fraction of sp³-hybridized carbons (Fsp3) is 0.417. The fourth-order valence-corrected chi connectivity index (χ4v) is 1.66. The number of pyridine rings is 1. The molecule has 0 saturated heterocycles. The topological polar surface area (TPSA) is 83.0 Å². The monoisotopic (exact) mass is 266 g/mol. The van der Waals surface area contributed by atoms with Crippen molar-refractivity contribution < 1.29 is 4.79 Å². The second kappa shape index (κ2) is 6.22. The molecule has 18 heavy (non-hydrogen) atoms. The molecule has 0 aromatic carbocycles. The Bertz CT molecular complexity index is 481. The lowest BCUT2D eigenvalue weighted by atomic mass is 10.2. The molecule has 6 heteroatoms. The van der Waals surface area contributed by atoms with Gasteiger partial charge in [0, 0.05) is 18.8 Å². The first-order valence-corrected chi connectivity index (χ1v) is 5.94. The highest BCUT2D eigenvalue weighted by Crippen LogP contribution is 2.18. The molecule has 1 aromatic rings. The number of nitriles is 1. The average molecular weight is 267 g/mol. The summed E-state index contributed by atoms with van der Waals surface area (Å²) in [6, 6.07) is 3.52. The van der Waals surface area contributed by atoms with Gasteiger partial charge < -0.3 is 10.6 Å². The zero-order valence-electron chi connectivity index (χ0n) is 10.4. The van der Waals surface area contributed by atoms with Crippen LogP contribution in [0.15, 0.2) is 12.3 Å². The molecule has 0 atom stereocenters. The summed E-state index contributed by atoms with van der Waals surface area (Å²) in [4.78, 5) is 17.7. The van der Waals surface area contributed by atoms with Gasteiger partial charge in [-0.3, -0.25) is 4.79 Å². The maximum Gasteiger partial charge on any atom is 0.255 e. The Morgan fingerprint density at radius 3 is 2.83 bits per heavy atom. The Balaban J connectivity index is 2.95. The summed E-state index contributed by atoms with van der Waals surface area (Å²) in [5, 5.41) is 8.85. The van der Waals surface area contributed by atoms with Gasteiger partial charge in [-0.05, 0) is 19.9 Å². The SMILES string of the molecule is CC(C)N(CCC#N)C(=O)c1cnc(N)c(Cl)c1. The third-order valence-corrected chi connectivity index (χ3v) is 2.77. The molecule has 1 heterocycles. The Morgan fingerprint density at radius 1 is 1.67 bits per heavy atom. The van der Waals surface area contributed by atoms with Crippen LogP contribution < -0.4 is 5.73 Å². The zero-order valence-corrected chi connectivity index (χ0v) is 11.1. The van der Waals surface area contributed by atoms with Gasteiger partial charge in [-0.1, -0.05) is 11.6 Å². The van der Waals surface area contributed by atoms with E-state index in [1.807, 2.05) is 19.9 Å². The van der Waals surface area contributed by atoms with Gasteiger partial charge in [0.15, 0.2) is 0 Å². The Kier molecular flexibility index (Phi) is 4.93. The van der Waals surface area contributed by atoms with Crippen molar-refractivity contribution in [3.05, 3.63) is 22.8 Å². The molecule has 0 spiro atoms. The fourth-order valence-electron chi connectivity index (χ4n) is 1.50. The first kappa shape index (κ1) is 14.3. The van der Waals surface area contributed by atoms with Gasteiger partial charge in [0.25, 0.3) is 5.91 Å². The van der Waals surface area contributed by atoms with Crippen LogP contribution in [0.2, 0.25) is 5.02 Å². The molecular formula is C12H15ClN4O. The molecule has 96 valence electrons. The number of nitrogens with zero attached hydrogens (tertiary/aromatic N) is 3. The van der Waals surface area contributed by atoms with Crippen LogP contribution in [-0.2, 0) is 0 Å². The number of hydrogen-bond donors (Lipinski definition) is 1. The van der Waals surface area contributed by atoms with E-state index in [4.69, 9.17) is 22.6 Å². The second-order valence-electron chi connectivity index (χ2n) is 4.09. The van der Waals surface area contributed by atoms with Crippen LogP contribution in [0, 0.1) is 11.3 Å². The number of aromatic nitrogens is 1. The quantitative estimate of drug-likeness (QED) is 0.904. The van der Waals surface area contributed by atoms with Crippen molar-refractivity contribution in [2.75, 3.05) is 12.3 Å². The van der Waals surface area contributed by atoms with Gasteiger partial charge in [0.2, 0.25) is 0 Å². The predicted octanol–water partition coefficient (Wildman–Crippen LogP) is 2.08. The number of carbonyl (C=O) groups excluding carboxylic acids is 1. The molecule has 0 radical (unpaired) electrons. The first-order chi connectivity index (χ1) is 8.47. The van der Waals surface area contributed by atoms with Crippen molar-refractivity contribution in [1.82, 2.24) is 9.88 Å². The molecule has 0 bridgehead atoms. The molecule has 1 aromatic heterocycles. The molecule has 5 nitrogen and oxygen atoms in total. The maximum atomic E-state index is 12.2. The third kappa shape index (κ3) is 3.34. The number of anilines is 1. The van der Waals surface area contributed by atoms with Gasteiger partial charge in [-0.15, -0.1) is 0 Å². The standard InChI is InChI=1S/C12H15ClN4O/c1-8(2)17(5-3-4-14)12(18)9-6-10(13)11(15)16-7-9/h6-8H,3,5H2,1-2H3,(H2,15,16). The van der Waals surface area contributed by atoms with E-state index in [-0.39, 0.29) is 22.8 Å². The van der Waals surface area contributed by atoms with E-state index in [9.17, 15) is 4.79 Å². The van der Waals surface area contributed by atoms with Gasteiger partial charge in [-0.2, -0.15) is 5.26 Å². The zero-order chi connectivity index (χ0) is 13.7. The van der Waals surface area contributed by atoms with Crippen LogP contribution in [0.25, 0.3) is 0 Å².